The van der Waals surface area contributed by atoms with Crippen molar-refractivity contribution >= 4 is 31.9 Å². The van der Waals surface area contributed by atoms with Crippen LogP contribution >= 0.6 is 31.9 Å². The van der Waals surface area contributed by atoms with Crippen LogP contribution in [0.2, 0.25) is 0 Å². The molecule has 0 saturated carbocycles. The highest BCUT2D eigenvalue weighted by Gasteiger charge is 2.36. The van der Waals surface area contributed by atoms with E-state index in [0.29, 0.717) is 0 Å². The normalized spacial score (nSPS) is 26.4. The second-order valence-corrected chi connectivity index (χ2v) is 5.59. The molecule has 0 radical (unpaired) electrons. The predicted octanol–water partition coefficient (Wildman–Crippen LogP) is 2.91. The zero-order valence-corrected chi connectivity index (χ0v) is 7.74. The SMILES string of the molecule is BrC1(Br)C2=CC=C1C=C2. The van der Waals surface area contributed by atoms with Crippen molar-refractivity contribution in [1.82, 2.24) is 0 Å². The summed E-state index contributed by atoms with van der Waals surface area (Å²) >= 11 is 7.11. The maximum Gasteiger partial charge on any atom is 0.130 e. The summed E-state index contributed by atoms with van der Waals surface area (Å²) in [7, 11) is 0. The molecule has 0 aromatic heterocycles. The van der Waals surface area contributed by atoms with E-state index in [1.54, 1.807) is 0 Å². The lowest BCUT2D eigenvalue weighted by Crippen LogP contribution is -2.06. The largest absolute Gasteiger partial charge is 0.130 e. The van der Waals surface area contributed by atoms with E-state index in [1.807, 2.05) is 0 Å². The average Bonchev–Trinajstić information content (AvgIpc) is 2.24. The highest BCUT2D eigenvalue weighted by molar-refractivity contribution is 9.25. The van der Waals surface area contributed by atoms with E-state index in [2.05, 4.69) is 56.2 Å². The molecule has 0 aromatic rings. The Morgan fingerprint density at radius 3 is 1.56 bits per heavy atom. The van der Waals surface area contributed by atoms with Crippen molar-refractivity contribution in [2.24, 2.45) is 0 Å². The molecule has 2 rings (SSSR count). The van der Waals surface area contributed by atoms with E-state index < -0.39 is 0 Å². The van der Waals surface area contributed by atoms with Gasteiger partial charge in [-0.15, -0.1) is 0 Å². The van der Waals surface area contributed by atoms with Crippen LogP contribution in [0.5, 0.6) is 0 Å². The molecule has 0 aliphatic heterocycles. The van der Waals surface area contributed by atoms with Gasteiger partial charge in [-0.05, 0) is 11.1 Å². The maximum atomic E-state index is 3.55. The van der Waals surface area contributed by atoms with Gasteiger partial charge in [-0.3, -0.25) is 0 Å². The van der Waals surface area contributed by atoms with E-state index in [4.69, 9.17) is 0 Å². The number of halogens is 2. The van der Waals surface area contributed by atoms with Crippen molar-refractivity contribution in [2.45, 2.75) is 3.23 Å². The third kappa shape index (κ3) is 0.635. The van der Waals surface area contributed by atoms with Gasteiger partial charge in [-0.2, -0.15) is 0 Å². The number of hydrogen-bond acceptors (Lipinski definition) is 0. The topological polar surface area (TPSA) is 0 Å². The molecule has 9 heavy (non-hydrogen) atoms. The summed E-state index contributed by atoms with van der Waals surface area (Å²) in [5.41, 5.74) is 2.58. The van der Waals surface area contributed by atoms with Gasteiger partial charge in [-0.25, -0.2) is 0 Å². The van der Waals surface area contributed by atoms with Crippen LogP contribution in [0, 0.1) is 0 Å². The summed E-state index contributed by atoms with van der Waals surface area (Å²) in [5.74, 6) is 0. The van der Waals surface area contributed by atoms with Crippen molar-refractivity contribution in [3.63, 3.8) is 0 Å². The molecule has 2 aliphatic carbocycles. The number of rotatable bonds is 0. The molecule has 0 aromatic carbocycles. The van der Waals surface area contributed by atoms with Crippen molar-refractivity contribution in [1.29, 1.82) is 0 Å². The third-order valence-electron chi connectivity index (χ3n) is 1.61. The summed E-state index contributed by atoms with van der Waals surface area (Å²) in [6, 6.07) is 0. The quantitative estimate of drug-likeness (QED) is 0.578. The number of alkyl halides is 2. The van der Waals surface area contributed by atoms with Gasteiger partial charge in [0.25, 0.3) is 0 Å². The molecule has 2 aliphatic rings. The monoisotopic (exact) mass is 246 g/mol. The Hall–Kier alpha value is 0.180. The molecule has 0 amide bonds. The molecule has 0 atom stereocenters. The van der Waals surface area contributed by atoms with Gasteiger partial charge in [0.1, 0.15) is 3.23 Å². The minimum Gasteiger partial charge on any atom is -0.0621 e. The molecule has 46 valence electrons. The summed E-state index contributed by atoms with van der Waals surface area (Å²) in [4.78, 5) is 0. The van der Waals surface area contributed by atoms with E-state index in [9.17, 15) is 0 Å². The Kier molecular flexibility index (Phi) is 1.06. The molecule has 0 nitrogen and oxygen atoms in total. The van der Waals surface area contributed by atoms with E-state index in [0.717, 1.165) is 0 Å². The first-order valence-corrected chi connectivity index (χ1v) is 4.29. The average molecular weight is 248 g/mol. The molecule has 2 heteroatoms. The maximum absolute atomic E-state index is 3.55. The minimum absolute atomic E-state index is 0.0417. The number of fused-ring (bicyclic) bond motifs is 2. The van der Waals surface area contributed by atoms with Crippen LogP contribution in [0.1, 0.15) is 0 Å². The van der Waals surface area contributed by atoms with E-state index >= 15 is 0 Å². The predicted molar refractivity (Wildman–Crippen MR) is 45.9 cm³/mol. The van der Waals surface area contributed by atoms with Crippen molar-refractivity contribution in [2.75, 3.05) is 0 Å². The summed E-state index contributed by atoms with van der Waals surface area (Å²) in [6.07, 6.45) is 8.44. The fourth-order valence-electron chi connectivity index (χ4n) is 1.06. The zero-order chi connectivity index (χ0) is 6.48. The Morgan fingerprint density at radius 1 is 1.00 bits per heavy atom. The summed E-state index contributed by atoms with van der Waals surface area (Å²) < 4.78 is -0.0417. The van der Waals surface area contributed by atoms with Gasteiger partial charge in [0.2, 0.25) is 0 Å². The molecule has 0 saturated heterocycles. The van der Waals surface area contributed by atoms with Crippen LogP contribution < -0.4 is 0 Å². The Labute approximate surface area is 70.6 Å². The summed E-state index contributed by atoms with van der Waals surface area (Å²) in [5, 5.41) is 0. The minimum atomic E-state index is -0.0417. The van der Waals surface area contributed by atoms with Gasteiger partial charge in [0.15, 0.2) is 0 Å². The molecule has 0 N–H and O–H groups in total. The van der Waals surface area contributed by atoms with Crippen LogP contribution in [0.15, 0.2) is 35.5 Å². The fraction of sp³-hybridized carbons (Fsp3) is 0.143. The standard InChI is InChI=1S/C7H4Br2/c8-7(9)5-1-2-6(7)4-3-5/h1-4H. The van der Waals surface area contributed by atoms with E-state index in [-0.39, 0.29) is 3.23 Å². The first-order chi connectivity index (χ1) is 4.21. The first kappa shape index (κ1) is 5.93. The second kappa shape index (κ2) is 1.61. The number of hydrogen-bond donors (Lipinski definition) is 0. The highest BCUT2D eigenvalue weighted by Crippen LogP contribution is 2.50. The molecule has 0 heterocycles. The van der Waals surface area contributed by atoms with Crippen LogP contribution in [-0.2, 0) is 0 Å². The molecule has 0 spiro atoms. The van der Waals surface area contributed by atoms with Gasteiger partial charge in [-0.1, -0.05) is 56.2 Å². The van der Waals surface area contributed by atoms with Gasteiger partial charge >= 0.3 is 0 Å². The molecule has 0 fully saturated rings. The van der Waals surface area contributed by atoms with Gasteiger partial charge in [0.05, 0.1) is 0 Å². The first-order valence-electron chi connectivity index (χ1n) is 2.70. The smallest absolute Gasteiger partial charge is 0.0621 e. The Bertz CT molecular complexity index is 220. The van der Waals surface area contributed by atoms with Crippen LogP contribution in [0.4, 0.5) is 0 Å². The summed E-state index contributed by atoms with van der Waals surface area (Å²) in [6.45, 7) is 0. The van der Waals surface area contributed by atoms with Crippen molar-refractivity contribution in [3.8, 4) is 0 Å². The van der Waals surface area contributed by atoms with Gasteiger partial charge in [0, 0.05) is 0 Å². The van der Waals surface area contributed by atoms with Crippen LogP contribution in [0.3, 0.4) is 0 Å². The lowest BCUT2D eigenvalue weighted by atomic mass is 10.3. The number of allylic oxidation sites excluding steroid dienone is 6. The molecular formula is C7H4Br2. The Morgan fingerprint density at radius 2 is 1.44 bits per heavy atom. The molecule has 2 bridgehead atoms. The fourth-order valence-corrected chi connectivity index (χ4v) is 2.11. The highest BCUT2D eigenvalue weighted by atomic mass is 79.9. The van der Waals surface area contributed by atoms with E-state index in [1.165, 1.54) is 11.1 Å². The Balaban J connectivity index is 2.61. The lowest BCUT2D eigenvalue weighted by molar-refractivity contribution is 1.30. The molecule has 0 unspecified atom stereocenters. The zero-order valence-electron chi connectivity index (χ0n) is 4.57. The van der Waals surface area contributed by atoms with Crippen molar-refractivity contribution < 1.29 is 0 Å². The third-order valence-corrected chi connectivity index (χ3v) is 3.44. The van der Waals surface area contributed by atoms with Gasteiger partial charge < -0.3 is 0 Å². The van der Waals surface area contributed by atoms with Crippen LogP contribution in [0.25, 0.3) is 0 Å². The van der Waals surface area contributed by atoms with Crippen LogP contribution in [-0.4, -0.2) is 3.23 Å². The lowest BCUT2D eigenvalue weighted by Gasteiger charge is -2.11. The van der Waals surface area contributed by atoms with Crippen molar-refractivity contribution in [3.05, 3.63) is 35.5 Å². The molecular weight excluding hydrogens is 244 g/mol. The second-order valence-electron chi connectivity index (χ2n) is 2.15.